The summed E-state index contributed by atoms with van der Waals surface area (Å²) in [7, 11) is 1.54. The predicted octanol–water partition coefficient (Wildman–Crippen LogP) is 2.65. The van der Waals surface area contributed by atoms with Gasteiger partial charge in [0.1, 0.15) is 5.56 Å². The highest BCUT2D eigenvalue weighted by Crippen LogP contribution is 2.32. The molecule has 132 valence electrons. The van der Waals surface area contributed by atoms with Crippen LogP contribution in [0.2, 0.25) is 0 Å². The number of methoxy groups -OCH3 is 1. The molecule has 0 aromatic heterocycles. The Morgan fingerprint density at radius 2 is 1.88 bits per heavy atom. The van der Waals surface area contributed by atoms with Crippen molar-refractivity contribution in [2.45, 2.75) is 37.5 Å². The Hall–Kier alpha value is -1.67. The van der Waals surface area contributed by atoms with Crippen LogP contribution in [0.1, 0.15) is 29.6 Å². The average Bonchev–Trinajstić information content (AvgIpc) is 2.59. The third kappa shape index (κ3) is 2.88. The number of fused-ring (bicyclic) bond motifs is 1. The molecule has 8 heteroatoms. The quantitative estimate of drug-likeness (QED) is 0.610. The van der Waals surface area contributed by atoms with Gasteiger partial charge in [-0.15, -0.1) is 0 Å². The Morgan fingerprint density at radius 1 is 1.21 bits per heavy atom. The number of ether oxygens (including phenoxy) is 2. The van der Waals surface area contributed by atoms with Crippen molar-refractivity contribution in [1.82, 2.24) is 4.90 Å². The average molecular weight is 347 g/mol. The molecule has 1 aromatic rings. The summed E-state index contributed by atoms with van der Waals surface area (Å²) in [5.74, 6) is -7.62. The summed E-state index contributed by atoms with van der Waals surface area (Å²) in [4.78, 5) is 13.8. The highest BCUT2D eigenvalue weighted by Gasteiger charge is 2.42. The van der Waals surface area contributed by atoms with Gasteiger partial charge in [-0.2, -0.15) is 0 Å². The maximum absolute atomic E-state index is 13.9. The number of hydrogen-bond donors (Lipinski definition) is 0. The number of halogens is 4. The number of carbonyl (C=O) groups is 1. The zero-order valence-corrected chi connectivity index (χ0v) is 13.0. The molecule has 0 spiro atoms. The summed E-state index contributed by atoms with van der Waals surface area (Å²) in [6.45, 7) is 0.291. The molecule has 0 unspecified atom stereocenters. The van der Waals surface area contributed by atoms with Crippen molar-refractivity contribution in [3.05, 3.63) is 34.9 Å². The van der Waals surface area contributed by atoms with Crippen LogP contribution in [0.25, 0.3) is 0 Å². The Labute approximate surface area is 136 Å². The molecule has 24 heavy (non-hydrogen) atoms. The van der Waals surface area contributed by atoms with Gasteiger partial charge in [-0.25, -0.2) is 17.6 Å². The van der Waals surface area contributed by atoms with Crippen LogP contribution in [-0.2, 0) is 9.47 Å². The lowest BCUT2D eigenvalue weighted by atomic mass is 9.87. The van der Waals surface area contributed by atoms with E-state index in [9.17, 15) is 22.4 Å². The lowest BCUT2D eigenvalue weighted by Gasteiger charge is -2.45. The van der Waals surface area contributed by atoms with Crippen LogP contribution >= 0.6 is 0 Å². The minimum Gasteiger partial charge on any atom is -0.381 e. The monoisotopic (exact) mass is 347 g/mol. The SMILES string of the molecule is CO[C@@H]1CC[C@@H]2OCCN(C(=O)c3c(F)c(F)cc(F)c3F)[C@@H]2C1. The van der Waals surface area contributed by atoms with Gasteiger partial charge in [-0.1, -0.05) is 0 Å². The fourth-order valence-corrected chi connectivity index (χ4v) is 3.44. The van der Waals surface area contributed by atoms with Crippen molar-refractivity contribution in [3.63, 3.8) is 0 Å². The van der Waals surface area contributed by atoms with E-state index in [1.165, 1.54) is 4.90 Å². The molecule has 1 saturated heterocycles. The first kappa shape index (κ1) is 17.2. The Balaban J connectivity index is 1.94. The molecule has 0 bridgehead atoms. The normalized spacial score (nSPS) is 27.0. The number of benzene rings is 1. The zero-order chi connectivity index (χ0) is 17.4. The van der Waals surface area contributed by atoms with Gasteiger partial charge in [0, 0.05) is 19.7 Å². The predicted molar refractivity (Wildman–Crippen MR) is 75.5 cm³/mol. The van der Waals surface area contributed by atoms with Crippen molar-refractivity contribution in [3.8, 4) is 0 Å². The number of nitrogens with zero attached hydrogens (tertiary/aromatic N) is 1. The summed E-state index contributed by atoms with van der Waals surface area (Å²) in [5, 5.41) is 0. The van der Waals surface area contributed by atoms with Gasteiger partial charge in [0.05, 0.1) is 24.9 Å². The minimum absolute atomic E-state index is 0.0884. The second-order valence-electron chi connectivity index (χ2n) is 5.99. The van der Waals surface area contributed by atoms with E-state index in [1.54, 1.807) is 7.11 Å². The number of carbonyl (C=O) groups excluding carboxylic acids is 1. The molecular formula is C16H17F4NO3. The molecule has 3 atom stereocenters. The Morgan fingerprint density at radius 3 is 2.50 bits per heavy atom. The van der Waals surface area contributed by atoms with Crippen LogP contribution in [0.4, 0.5) is 17.6 Å². The molecule has 2 fully saturated rings. The first-order chi connectivity index (χ1) is 11.4. The third-order valence-electron chi connectivity index (χ3n) is 4.69. The summed E-state index contributed by atoms with van der Waals surface area (Å²) >= 11 is 0. The fourth-order valence-electron chi connectivity index (χ4n) is 3.44. The maximum Gasteiger partial charge on any atom is 0.260 e. The number of morpholine rings is 1. The molecule has 1 aliphatic heterocycles. The minimum atomic E-state index is -1.68. The summed E-state index contributed by atoms with van der Waals surface area (Å²) in [6.07, 6.45) is 1.43. The van der Waals surface area contributed by atoms with E-state index < -0.39 is 40.8 Å². The van der Waals surface area contributed by atoms with Crippen LogP contribution in [-0.4, -0.2) is 49.3 Å². The van der Waals surface area contributed by atoms with Crippen molar-refractivity contribution < 1.29 is 31.8 Å². The van der Waals surface area contributed by atoms with E-state index >= 15 is 0 Å². The zero-order valence-electron chi connectivity index (χ0n) is 13.0. The van der Waals surface area contributed by atoms with Gasteiger partial charge in [0.2, 0.25) is 0 Å². The lowest BCUT2D eigenvalue weighted by molar-refractivity contribution is -0.101. The number of hydrogen-bond acceptors (Lipinski definition) is 3. The van der Waals surface area contributed by atoms with E-state index in [0.717, 1.165) is 6.42 Å². The largest absolute Gasteiger partial charge is 0.381 e. The molecule has 0 radical (unpaired) electrons. The van der Waals surface area contributed by atoms with Crippen LogP contribution in [0.15, 0.2) is 6.07 Å². The van der Waals surface area contributed by atoms with Gasteiger partial charge in [0.25, 0.3) is 5.91 Å². The van der Waals surface area contributed by atoms with E-state index in [1.807, 2.05) is 0 Å². The van der Waals surface area contributed by atoms with Crippen LogP contribution < -0.4 is 0 Å². The number of rotatable bonds is 2. The van der Waals surface area contributed by atoms with Crippen molar-refractivity contribution in [2.24, 2.45) is 0 Å². The number of amides is 1. The molecule has 1 saturated carbocycles. The first-order valence-corrected chi connectivity index (χ1v) is 7.72. The molecular weight excluding hydrogens is 330 g/mol. The third-order valence-corrected chi connectivity index (χ3v) is 4.69. The molecule has 3 rings (SSSR count). The highest BCUT2D eigenvalue weighted by molar-refractivity contribution is 5.95. The van der Waals surface area contributed by atoms with Gasteiger partial charge in [0.15, 0.2) is 23.3 Å². The standard InChI is InChI=1S/C16H17F4NO3/c1-23-8-2-3-12-11(6-8)21(4-5-24-12)16(22)13-14(19)9(17)7-10(18)15(13)20/h7-8,11-12H,2-6H2,1H3/t8-,11-,12+/m1/s1. The maximum atomic E-state index is 13.9. The molecule has 0 N–H and O–H groups in total. The summed E-state index contributed by atoms with van der Waals surface area (Å²) in [6, 6.07) is -0.361. The summed E-state index contributed by atoms with van der Waals surface area (Å²) < 4.78 is 65.6. The van der Waals surface area contributed by atoms with Gasteiger partial charge >= 0.3 is 0 Å². The van der Waals surface area contributed by atoms with Gasteiger partial charge in [-0.3, -0.25) is 4.79 Å². The van der Waals surface area contributed by atoms with E-state index in [4.69, 9.17) is 9.47 Å². The molecule has 1 heterocycles. The van der Waals surface area contributed by atoms with E-state index in [-0.39, 0.29) is 31.4 Å². The lowest BCUT2D eigenvalue weighted by Crippen LogP contribution is -2.57. The van der Waals surface area contributed by atoms with Crippen LogP contribution in [0.5, 0.6) is 0 Å². The summed E-state index contributed by atoms with van der Waals surface area (Å²) in [5.41, 5.74) is -1.20. The van der Waals surface area contributed by atoms with Crippen LogP contribution in [0.3, 0.4) is 0 Å². The molecule has 4 nitrogen and oxygen atoms in total. The Kier molecular flexibility index (Phi) is 4.78. The second-order valence-corrected chi connectivity index (χ2v) is 5.99. The second kappa shape index (κ2) is 6.68. The Bertz CT molecular complexity index is 628. The van der Waals surface area contributed by atoms with E-state index in [0.29, 0.717) is 12.8 Å². The highest BCUT2D eigenvalue weighted by atomic mass is 19.2. The van der Waals surface area contributed by atoms with Gasteiger partial charge < -0.3 is 14.4 Å². The van der Waals surface area contributed by atoms with E-state index in [2.05, 4.69) is 0 Å². The van der Waals surface area contributed by atoms with Crippen molar-refractivity contribution in [1.29, 1.82) is 0 Å². The van der Waals surface area contributed by atoms with Crippen LogP contribution in [0, 0.1) is 23.3 Å². The van der Waals surface area contributed by atoms with Gasteiger partial charge in [-0.05, 0) is 19.3 Å². The molecule has 1 amide bonds. The topological polar surface area (TPSA) is 38.8 Å². The fraction of sp³-hybridized carbons (Fsp3) is 0.562. The smallest absolute Gasteiger partial charge is 0.260 e. The molecule has 1 aliphatic carbocycles. The van der Waals surface area contributed by atoms with Crippen molar-refractivity contribution in [2.75, 3.05) is 20.3 Å². The molecule has 2 aliphatic rings. The molecule has 1 aromatic carbocycles. The first-order valence-electron chi connectivity index (χ1n) is 7.72. The van der Waals surface area contributed by atoms with Crippen molar-refractivity contribution >= 4 is 5.91 Å².